The molecule has 0 bridgehead atoms. The summed E-state index contributed by atoms with van der Waals surface area (Å²) in [6.45, 7) is 3.64. The van der Waals surface area contributed by atoms with Crippen molar-refractivity contribution in [2.75, 3.05) is 5.32 Å². The van der Waals surface area contributed by atoms with E-state index in [-0.39, 0.29) is 23.9 Å². The fourth-order valence-corrected chi connectivity index (χ4v) is 1.86. The molecule has 1 aromatic carbocycles. The van der Waals surface area contributed by atoms with E-state index in [0.29, 0.717) is 11.3 Å². The minimum absolute atomic E-state index is 0.00919. The molecule has 0 spiro atoms. The van der Waals surface area contributed by atoms with Gasteiger partial charge >= 0.3 is 0 Å². The second-order valence-corrected chi connectivity index (χ2v) is 4.78. The molecule has 7 nitrogen and oxygen atoms in total. The Bertz CT molecular complexity index is 798. The van der Waals surface area contributed by atoms with Gasteiger partial charge in [-0.05, 0) is 26.0 Å². The van der Waals surface area contributed by atoms with Crippen LogP contribution in [0.2, 0.25) is 0 Å². The monoisotopic (exact) mass is 296 g/mol. The molecule has 4 N–H and O–H groups in total. The van der Waals surface area contributed by atoms with Crippen molar-refractivity contribution in [3.05, 3.63) is 51.4 Å². The Hall–Kier alpha value is -3.14. The van der Waals surface area contributed by atoms with Crippen LogP contribution in [0.1, 0.15) is 16.8 Å². The number of H-pyrrole nitrogens is 1. The number of aromatic nitrogens is 2. The van der Waals surface area contributed by atoms with Gasteiger partial charge in [-0.3, -0.25) is 9.78 Å². The highest BCUT2D eigenvalue weighted by Crippen LogP contribution is 2.09. The first-order valence-electron chi connectivity index (χ1n) is 6.64. The minimum atomic E-state index is -0.379. The molecule has 112 valence electrons. The topological polar surface area (TPSA) is 120 Å². The van der Waals surface area contributed by atoms with Crippen LogP contribution in [0.4, 0.5) is 11.6 Å². The van der Waals surface area contributed by atoms with Gasteiger partial charge in [0.25, 0.3) is 5.56 Å². The van der Waals surface area contributed by atoms with Gasteiger partial charge in [0, 0.05) is 5.69 Å². The van der Waals surface area contributed by atoms with Crippen LogP contribution < -0.4 is 16.6 Å². The molecule has 1 heterocycles. The molecule has 7 heteroatoms. The van der Waals surface area contributed by atoms with E-state index in [9.17, 15) is 4.79 Å². The Balaban J connectivity index is 2.23. The number of nitrogens with zero attached hydrogens (tertiary/aromatic N) is 3. The number of guanidine groups is 1. The van der Waals surface area contributed by atoms with Crippen LogP contribution in [0.15, 0.2) is 34.1 Å². The molecule has 0 saturated heterocycles. The summed E-state index contributed by atoms with van der Waals surface area (Å²) in [5.41, 5.74) is 8.14. The number of nitrogens with two attached hydrogens (primary N) is 1. The van der Waals surface area contributed by atoms with Crippen LogP contribution in [0.3, 0.4) is 0 Å². The predicted octanol–water partition coefficient (Wildman–Crippen LogP) is 1.51. The Morgan fingerprint density at radius 1 is 1.41 bits per heavy atom. The summed E-state index contributed by atoms with van der Waals surface area (Å²) in [6, 6.07) is 9.55. The molecule has 0 aliphatic heterocycles. The van der Waals surface area contributed by atoms with Gasteiger partial charge < -0.3 is 11.1 Å². The van der Waals surface area contributed by atoms with Crippen LogP contribution in [-0.4, -0.2) is 15.9 Å². The van der Waals surface area contributed by atoms with E-state index in [0.717, 1.165) is 11.3 Å². The first kappa shape index (κ1) is 15.3. The number of hydrogen-bond donors (Lipinski definition) is 3. The summed E-state index contributed by atoms with van der Waals surface area (Å²) in [5, 5.41) is 11.6. The lowest BCUT2D eigenvalue weighted by Crippen LogP contribution is -2.23. The molecule has 0 aliphatic rings. The molecule has 0 aliphatic carbocycles. The quantitative estimate of drug-likeness (QED) is 0.585. The van der Waals surface area contributed by atoms with E-state index in [1.807, 2.05) is 37.3 Å². The fraction of sp³-hybridized carbons (Fsp3) is 0.200. The first-order chi connectivity index (χ1) is 10.5. The van der Waals surface area contributed by atoms with Gasteiger partial charge in [-0.1, -0.05) is 17.7 Å². The average Bonchev–Trinajstić information content (AvgIpc) is 2.45. The Morgan fingerprint density at radius 2 is 2.09 bits per heavy atom. The van der Waals surface area contributed by atoms with Crippen LogP contribution in [-0.2, 0) is 6.42 Å². The normalized spacial score (nSPS) is 11.0. The SMILES string of the molecule is Cc1ccc(N/C(N)=N\c2nc(C)c(CC#N)c(=O)[nH]2)cc1. The third-order valence-corrected chi connectivity index (χ3v) is 3.02. The van der Waals surface area contributed by atoms with Crippen molar-refractivity contribution in [2.24, 2.45) is 10.7 Å². The number of aliphatic imine (C=N–C) groups is 1. The van der Waals surface area contributed by atoms with Crippen molar-refractivity contribution in [3.8, 4) is 6.07 Å². The van der Waals surface area contributed by atoms with Gasteiger partial charge in [0.05, 0.1) is 23.7 Å². The highest BCUT2D eigenvalue weighted by molar-refractivity contribution is 5.93. The summed E-state index contributed by atoms with van der Waals surface area (Å²) in [4.78, 5) is 22.5. The molecule has 0 atom stereocenters. The fourth-order valence-electron chi connectivity index (χ4n) is 1.86. The Labute approximate surface area is 127 Å². The molecular formula is C15H16N6O. The first-order valence-corrected chi connectivity index (χ1v) is 6.64. The maximum Gasteiger partial charge on any atom is 0.256 e. The molecular weight excluding hydrogens is 280 g/mol. The summed E-state index contributed by atoms with van der Waals surface area (Å²) in [7, 11) is 0. The molecule has 2 aromatic rings. The molecule has 0 amide bonds. The van der Waals surface area contributed by atoms with Crippen LogP contribution in [0, 0.1) is 25.2 Å². The molecule has 0 radical (unpaired) electrons. The highest BCUT2D eigenvalue weighted by atomic mass is 16.1. The van der Waals surface area contributed by atoms with Gasteiger partial charge in [0.1, 0.15) is 0 Å². The molecule has 1 aromatic heterocycles. The van der Waals surface area contributed by atoms with Crippen molar-refractivity contribution in [1.29, 1.82) is 5.26 Å². The van der Waals surface area contributed by atoms with Crippen molar-refractivity contribution >= 4 is 17.6 Å². The molecule has 0 saturated carbocycles. The van der Waals surface area contributed by atoms with Crippen molar-refractivity contribution in [1.82, 2.24) is 9.97 Å². The second kappa shape index (κ2) is 6.54. The summed E-state index contributed by atoms with van der Waals surface area (Å²) in [5.74, 6) is 0.209. The zero-order chi connectivity index (χ0) is 16.1. The lowest BCUT2D eigenvalue weighted by Gasteiger charge is -2.06. The lowest BCUT2D eigenvalue weighted by molar-refractivity contribution is 0.987. The van der Waals surface area contributed by atoms with E-state index in [1.54, 1.807) is 6.92 Å². The number of nitriles is 1. The zero-order valence-corrected chi connectivity index (χ0v) is 12.3. The third kappa shape index (κ3) is 3.70. The molecule has 0 fully saturated rings. The number of benzene rings is 1. The maximum atomic E-state index is 11.9. The lowest BCUT2D eigenvalue weighted by atomic mass is 10.2. The van der Waals surface area contributed by atoms with Gasteiger partial charge in [0.2, 0.25) is 11.9 Å². The van der Waals surface area contributed by atoms with Crippen LogP contribution in [0.25, 0.3) is 0 Å². The van der Waals surface area contributed by atoms with Crippen molar-refractivity contribution < 1.29 is 0 Å². The number of nitrogens with one attached hydrogen (secondary N) is 2. The maximum absolute atomic E-state index is 11.9. The number of aromatic amines is 1. The summed E-state index contributed by atoms with van der Waals surface area (Å²) < 4.78 is 0. The van der Waals surface area contributed by atoms with Gasteiger partial charge in [-0.2, -0.15) is 10.3 Å². The minimum Gasteiger partial charge on any atom is -0.369 e. The van der Waals surface area contributed by atoms with Crippen LogP contribution in [0.5, 0.6) is 0 Å². The second-order valence-electron chi connectivity index (χ2n) is 4.78. The molecule has 22 heavy (non-hydrogen) atoms. The number of anilines is 1. The summed E-state index contributed by atoms with van der Waals surface area (Å²) >= 11 is 0. The van der Waals surface area contributed by atoms with Gasteiger partial charge in [0.15, 0.2) is 0 Å². The summed E-state index contributed by atoms with van der Waals surface area (Å²) in [6.07, 6.45) is 0.00919. The third-order valence-electron chi connectivity index (χ3n) is 3.02. The van der Waals surface area contributed by atoms with Crippen molar-refractivity contribution in [3.63, 3.8) is 0 Å². The Kier molecular flexibility index (Phi) is 4.53. The van der Waals surface area contributed by atoms with E-state index in [1.165, 1.54) is 0 Å². The Morgan fingerprint density at radius 3 is 2.68 bits per heavy atom. The number of rotatable bonds is 3. The highest BCUT2D eigenvalue weighted by Gasteiger charge is 2.07. The molecule has 2 rings (SSSR count). The van der Waals surface area contributed by atoms with E-state index in [2.05, 4.69) is 20.3 Å². The van der Waals surface area contributed by atoms with Gasteiger partial charge in [-0.25, -0.2) is 4.98 Å². The van der Waals surface area contributed by atoms with Crippen LogP contribution >= 0.6 is 0 Å². The predicted molar refractivity (Wildman–Crippen MR) is 85.0 cm³/mol. The van der Waals surface area contributed by atoms with E-state index >= 15 is 0 Å². The average molecular weight is 296 g/mol. The van der Waals surface area contributed by atoms with E-state index in [4.69, 9.17) is 11.0 Å². The van der Waals surface area contributed by atoms with Crippen molar-refractivity contribution in [2.45, 2.75) is 20.3 Å². The van der Waals surface area contributed by atoms with Gasteiger partial charge in [-0.15, -0.1) is 0 Å². The molecule has 0 unspecified atom stereocenters. The number of hydrogen-bond acceptors (Lipinski definition) is 4. The van der Waals surface area contributed by atoms with E-state index < -0.39 is 0 Å². The zero-order valence-electron chi connectivity index (χ0n) is 12.3. The standard InChI is InChI=1S/C15H16N6O/c1-9-3-5-11(6-4-9)19-14(17)21-15-18-10(2)12(7-8-16)13(22)20-15/h3-6H,7H2,1-2H3,(H4,17,18,19,20,21,22). The number of aryl methyl sites for hydroxylation is 2. The largest absolute Gasteiger partial charge is 0.369 e. The smallest absolute Gasteiger partial charge is 0.256 e.